The summed E-state index contributed by atoms with van der Waals surface area (Å²) in [4.78, 5) is 28.9. The summed E-state index contributed by atoms with van der Waals surface area (Å²) in [6, 6.07) is 7.41. The first-order valence-electron chi connectivity index (χ1n) is 11.4. The van der Waals surface area contributed by atoms with Crippen molar-refractivity contribution in [1.29, 1.82) is 0 Å². The van der Waals surface area contributed by atoms with Crippen molar-refractivity contribution in [1.82, 2.24) is 10.2 Å². The molecule has 1 aliphatic heterocycles. The molecule has 5 atom stereocenters. The summed E-state index contributed by atoms with van der Waals surface area (Å²) in [5.41, 5.74) is 0.560. The lowest BCUT2D eigenvalue weighted by atomic mass is 9.84. The molecule has 2 amide bonds. The van der Waals surface area contributed by atoms with Crippen LogP contribution in [0.15, 0.2) is 24.3 Å². The summed E-state index contributed by atoms with van der Waals surface area (Å²) < 4.78 is 5.45. The van der Waals surface area contributed by atoms with E-state index in [2.05, 4.69) is 12.2 Å². The number of hydrogen-bond donors (Lipinski definition) is 1. The number of carbonyl (C=O) groups excluding carboxylic acids is 2. The van der Waals surface area contributed by atoms with E-state index in [0.29, 0.717) is 23.1 Å². The molecule has 3 aliphatic rings. The van der Waals surface area contributed by atoms with Gasteiger partial charge in [0.15, 0.2) is 0 Å². The number of hydrogen-bond acceptors (Lipinski definition) is 3. The van der Waals surface area contributed by atoms with Crippen LogP contribution in [-0.2, 0) is 4.79 Å². The molecule has 29 heavy (non-hydrogen) atoms. The Morgan fingerprint density at radius 1 is 1.03 bits per heavy atom. The first-order valence-corrected chi connectivity index (χ1v) is 11.4. The van der Waals surface area contributed by atoms with Gasteiger partial charge in [0.2, 0.25) is 5.91 Å². The van der Waals surface area contributed by atoms with Crippen LogP contribution in [0.25, 0.3) is 0 Å². The van der Waals surface area contributed by atoms with E-state index < -0.39 is 0 Å². The third-order valence-corrected chi connectivity index (χ3v) is 7.40. The Kier molecular flexibility index (Phi) is 6.12. The van der Waals surface area contributed by atoms with E-state index in [4.69, 9.17) is 4.74 Å². The maximum Gasteiger partial charge on any atom is 0.258 e. The van der Waals surface area contributed by atoms with Gasteiger partial charge in [-0.1, -0.05) is 44.7 Å². The van der Waals surface area contributed by atoms with Crippen LogP contribution in [0.2, 0.25) is 0 Å². The number of fused-ring (bicyclic) bond motifs is 1. The summed E-state index contributed by atoms with van der Waals surface area (Å²) >= 11 is 0. The lowest BCUT2D eigenvalue weighted by Crippen LogP contribution is -2.52. The molecule has 1 heterocycles. The van der Waals surface area contributed by atoms with Crippen molar-refractivity contribution in [3.05, 3.63) is 29.8 Å². The van der Waals surface area contributed by atoms with Gasteiger partial charge in [0.05, 0.1) is 12.7 Å². The molecule has 158 valence electrons. The highest BCUT2D eigenvalue weighted by Gasteiger charge is 2.48. The topological polar surface area (TPSA) is 58.6 Å². The van der Waals surface area contributed by atoms with E-state index in [1.54, 1.807) is 7.11 Å². The maximum atomic E-state index is 13.6. The molecule has 4 rings (SSSR count). The Balaban J connectivity index is 1.59. The van der Waals surface area contributed by atoms with Gasteiger partial charge in [-0.05, 0) is 56.1 Å². The fourth-order valence-corrected chi connectivity index (χ4v) is 5.76. The number of ether oxygens (including phenoxy) is 1. The third kappa shape index (κ3) is 4.01. The monoisotopic (exact) mass is 398 g/mol. The first kappa shape index (κ1) is 20.2. The summed E-state index contributed by atoms with van der Waals surface area (Å²) in [6.07, 6.45) is 9.88. The molecular formula is C24H34N2O3. The van der Waals surface area contributed by atoms with Gasteiger partial charge in [0.25, 0.3) is 5.91 Å². The van der Waals surface area contributed by atoms with Crippen LogP contribution in [0.1, 0.15) is 75.1 Å². The first-order chi connectivity index (χ1) is 14.1. The molecule has 3 fully saturated rings. The highest BCUT2D eigenvalue weighted by atomic mass is 16.5. The van der Waals surface area contributed by atoms with Crippen LogP contribution in [0.3, 0.4) is 0 Å². The smallest absolute Gasteiger partial charge is 0.258 e. The van der Waals surface area contributed by atoms with E-state index in [-0.39, 0.29) is 29.9 Å². The van der Waals surface area contributed by atoms with Crippen molar-refractivity contribution in [3.63, 3.8) is 0 Å². The highest BCUT2D eigenvalue weighted by molar-refractivity contribution is 6.00. The maximum absolute atomic E-state index is 13.6. The van der Waals surface area contributed by atoms with Crippen molar-refractivity contribution in [2.24, 2.45) is 11.8 Å². The van der Waals surface area contributed by atoms with Crippen LogP contribution in [0, 0.1) is 11.8 Å². The molecule has 2 saturated carbocycles. The summed E-state index contributed by atoms with van der Waals surface area (Å²) in [5, 5.41) is 3.32. The van der Waals surface area contributed by atoms with E-state index in [1.807, 2.05) is 29.2 Å². The second kappa shape index (κ2) is 8.76. The van der Waals surface area contributed by atoms with E-state index in [0.717, 1.165) is 32.1 Å². The molecule has 1 N–H and O–H groups in total. The minimum Gasteiger partial charge on any atom is -0.496 e. The molecule has 0 radical (unpaired) electrons. The number of benzene rings is 1. The normalized spacial score (nSPS) is 31.8. The van der Waals surface area contributed by atoms with Gasteiger partial charge in [-0.25, -0.2) is 0 Å². The van der Waals surface area contributed by atoms with Crippen LogP contribution < -0.4 is 10.1 Å². The Morgan fingerprint density at radius 2 is 1.76 bits per heavy atom. The zero-order valence-electron chi connectivity index (χ0n) is 17.7. The summed E-state index contributed by atoms with van der Waals surface area (Å²) in [7, 11) is 1.59. The van der Waals surface area contributed by atoms with Gasteiger partial charge in [-0.2, -0.15) is 0 Å². The molecule has 0 spiro atoms. The van der Waals surface area contributed by atoms with Gasteiger partial charge in [-0.3, -0.25) is 9.59 Å². The minimum atomic E-state index is -0.366. The Morgan fingerprint density at radius 3 is 2.55 bits per heavy atom. The number of methoxy groups -OCH3 is 1. The van der Waals surface area contributed by atoms with Gasteiger partial charge in [0, 0.05) is 12.1 Å². The van der Waals surface area contributed by atoms with Crippen molar-refractivity contribution in [2.45, 2.75) is 82.8 Å². The zero-order valence-corrected chi connectivity index (χ0v) is 17.7. The fraction of sp³-hybridized carbons (Fsp3) is 0.667. The lowest BCUT2D eigenvalue weighted by Gasteiger charge is -2.35. The summed E-state index contributed by atoms with van der Waals surface area (Å²) in [6.45, 7) is 2.23. The molecule has 1 aromatic rings. The molecule has 2 aliphatic carbocycles. The standard InChI is InChI=1S/C24H34N2O3/c1-16-9-3-6-12-19(16)25-23(27)21-15-17-10-4-7-13-20(17)26(21)24(28)18-11-5-8-14-22(18)29-2/h5,8,11,14,16-17,19-21H,3-4,6-7,9-10,12-13,15H2,1-2H3,(H,25,27)/t16-,17+,19+,20-,21-/m0/s1. The molecule has 1 aromatic carbocycles. The number of amides is 2. The average molecular weight is 399 g/mol. The van der Waals surface area contributed by atoms with Crippen LogP contribution >= 0.6 is 0 Å². The minimum absolute atomic E-state index is 0.0430. The van der Waals surface area contributed by atoms with Crippen LogP contribution in [0.5, 0.6) is 5.75 Å². The van der Waals surface area contributed by atoms with E-state index in [1.165, 1.54) is 25.7 Å². The second-order valence-electron chi connectivity index (χ2n) is 9.15. The van der Waals surface area contributed by atoms with Crippen molar-refractivity contribution < 1.29 is 14.3 Å². The molecule has 0 bridgehead atoms. The molecule has 1 saturated heterocycles. The second-order valence-corrected chi connectivity index (χ2v) is 9.15. The van der Waals surface area contributed by atoms with Gasteiger partial charge >= 0.3 is 0 Å². The Labute approximate surface area is 174 Å². The van der Waals surface area contributed by atoms with E-state index in [9.17, 15) is 9.59 Å². The number of para-hydroxylation sites is 1. The number of rotatable bonds is 4. The van der Waals surface area contributed by atoms with Gasteiger partial charge in [-0.15, -0.1) is 0 Å². The highest BCUT2D eigenvalue weighted by Crippen LogP contribution is 2.41. The number of nitrogens with one attached hydrogen (secondary N) is 1. The van der Waals surface area contributed by atoms with Crippen LogP contribution in [0.4, 0.5) is 0 Å². The van der Waals surface area contributed by atoms with Crippen molar-refractivity contribution in [3.8, 4) is 5.75 Å². The summed E-state index contributed by atoms with van der Waals surface area (Å²) in [5.74, 6) is 1.50. The Hall–Kier alpha value is -2.04. The quantitative estimate of drug-likeness (QED) is 0.828. The number of likely N-dealkylation sites (tertiary alicyclic amines) is 1. The number of carbonyl (C=O) groups is 2. The van der Waals surface area contributed by atoms with Crippen molar-refractivity contribution >= 4 is 11.8 Å². The van der Waals surface area contributed by atoms with Crippen LogP contribution in [-0.4, -0.2) is 41.9 Å². The van der Waals surface area contributed by atoms with Gasteiger partial charge in [0.1, 0.15) is 11.8 Å². The third-order valence-electron chi connectivity index (χ3n) is 7.40. The predicted molar refractivity (Wildman–Crippen MR) is 113 cm³/mol. The molecule has 0 unspecified atom stereocenters. The fourth-order valence-electron chi connectivity index (χ4n) is 5.76. The zero-order chi connectivity index (χ0) is 20.4. The van der Waals surface area contributed by atoms with Gasteiger partial charge < -0.3 is 15.0 Å². The SMILES string of the molecule is COc1ccccc1C(=O)N1[C@H](C(=O)N[C@@H]2CCCC[C@@H]2C)C[C@H]2CCCC[C@@H]21. The molecule has 5 nitrogen and oxygen atoms in total. The Bertz CT molecular complexity index is 749. The predicted octanol–water partition coefficient (Wildman–Crippen LogP) is 4.16. The molecule has 5 heteroatoms. The largest absolute Gasteiger partial charge is 0.496 e. The van der Waals surface area contributed by atoms with Crippen molar-refractivity contribution in [2.75, 3.05) is 7.11 Å². The molecular weight excluding hydrogens is 364 g/mol. The van der Waals surface area contributed by atoms with E-state index >= 15 is 0 Å². The average Bonchev–Trinajstić information content (AvgIpc) is 3.14. The molecule has 0 aromatic heterocycles. The lowest BCUT2D eigenvalue weighted by molar-refractivity contribution is -0.126. The number of nitrogens with zero attached hydrogens (tertiary/aromatic N) is 1.